The molecule has 2 aromatic carbocycles. The molecule has 2 heterocycles. The van der Waals surface area contributed by atoms with Crippen molar-refractivity contribution in [3.05, 3.63) is 66.2 Å². The van der Waals surface area contributed by atoms with E-state index in [2.05, 4.69) is 0 Å². The Balaban J connectivity index is 1.63. The van der Waals surface area contributed by atoms with Crippen LogP contribution in [0.2, 0.25) is 0 Å². The highest BCUT2D eigenvalue weighted by Gasteiger charge is 2.50. The fourth-order valence-electron chi connectivity index (χ4n) is 5.62. The molecule has 39 heavy (non-hydrogen) atoms. The van der Waals surface area contributed by atoms with E-state index in [-0.39, 0.29) is 18.1 Å². The van der Waals surface area contributed by atoms with Crippen molar-refractivity contribution in [3.8, 4) is 34.3 Å². The maximum atomic E-state index is 12.7. The number of hydrogen-bond donors (Lipinski definition) is 1. The van der Waals surface area contributed by atoms with E-state index < -0.39 is 33.1 Å². The van der Waals surface area contributed by atoms with Gasteiger partial charge in [-0.2, -0.15) is 5.26 Å². The van der Waals surface area contributed by atoms with Crippen LogP contribution in [0.5, 0.6) is 5.88 Å². The minimum absolute atomic E-state index is 0.138. The minimum atomic E-state index is -3.83. The molecule has 1 aliphatic carbocycles. The third-order valence-corrected chi connectivity index (χ3v) is 8.80. The Kier molecular flexibility index (Phi) is 6.51. The molecule has 5 rings (SSSR count). The lowest BCUT2D eigenvalue weighted by molar-refractivity contribution is -0.0328. The van der Waals surface area contributed by atoms with Gasteiger partial charge in [0.2, 0.25) is 11.8 Å². The zero-order valence-electron chi connectivity index (χ0n) is 22.1. The van der Waals surface area contributed by atoms with Crippen LogP contribution < -0.4 is 9.04 Å². The number of ether oxygens (including phenoxy) is 1. The van der Waals surface area contributed by atoms with E-state index in [4.69, 9.17) is 9.72 Å². The SMILES string of the molecule is CC(C)(C)N(C(=O)O)C1(c2ccc(-c3nc4c(cc3-c3ccccc3)N(CC#N)S(=O)(=O)CO4)cc2)CCC1. The molecule has 1 fully saturated rings. The van der Waals surface area contributed by atoms with Crippen LogP contribution in [-0.2, 0) is 15.6 Å². The fraction of sp³-hybridized carbons (Fsp3) is 0.345. The summed E-state index contributed by atoms with van der Waals surface area (Å²) in [6.45, 7) is 5.39. The van der Waals surface area contributed by atoms with Gasteiger partial charge in [0.05, 0.1) is 17.3 Å². The molecule has 3 aromatic rings. The average Bonchev–Trinajstić information content (AvgIpc) is 2.87. The Hall–Kier alpha value is -4.10. The molecule has 1 amide bonds. The summed E-state index contributed by atoms with van der Waals surface area (Å²) in [7, 11) is -3.83. The molecule has 0 spiro atoms. The number of sulfonamides is 1. The Morgan fingerprint density at radius 3 is 2.33 bits per heavy atom. The van der Waals surface area contributed by atoms with Crippen molar-refractivity contribution < 1.29 is 23.1 Å². The Morgan fingerprint density at radius 1 is 1.13 bits per heavy atom. The summed E-state index contributed by atoms with van der Waals surface area (Å²) in [6, 6.07) is 20.9. The Labute approximate surface area is 228 Å². The van der Waals surface area contributed by atoms with Crippen LogP contribution in [0.15, 0.2) is 60.7 Å². The van der Waals surface area contributed by atoms with Crippen LogP contribution in [0.3, 0.4) is 0 Å². The molecule has 1 aromatic heterocycles. The average molecular weight is 547 g/mol. The summed E-state index contributed by atoms with van der Waals surface area (Å²) < 4.78 is 31.9. The summed E-state index contributed by atoms with van der Waals surface area (Å²) in [4.78, 5) is 18.7. The number of carbonyl (C=O) groups is 1. The van der Waals surface area contributed by atoms with Gasteiger partial charge in [0.1, 0.15) is 12.2 Å². The second kappa shape index (κ2) is 9.58. The second-order valence-corrected chi connectivity index (χ2v) is 12.7. The molecular formula is C29H30N4O5S. The standard InChI is InChI=1S/C29H30N4O5S/c1-28(2,3)33(27(34)35)29(14-7-15-29)22-12-10-21(11-13-22)25-23(20-8-5-4-6-9-20)18-24-26(31-25)38-19-39(36,37)32(24)17-16-30/h4-6,8-13,18H,7,14-15,17,19H2,1-3H3,(H,34,35). The Morgan fingerprint density at radius 2 is 1.79 bits per heavy atom. The van der Waals surface area contributed by atoms with Crippen molar-refractivity contribution in [2.45, 2.75) is 51.1 Å². The zero-order valence-corrected chi connectivity index (χ0v) is 22.9. The van der Waals surface area contributed by atoms with Crippen molar-refractivity contribution in [3.63, 3.8) is 0 Å². The van der Waals surface area contributed by atoms with Crippen molar-refractivity contribution in [2.24, 2.45) is 0 Å². The van der Waals surface area contributed by atoms with Crippen LogP contribution in [0.4, 0.5) is 10.5 Å². The number of nitriles is 1. The number of aromatic nitrogens is 1. The van der Waals surface area contributed by atoms with Gasteiger partial charge < -0.3 is 9.84 Å². The van der Waals surface area contributed by atoms with Gasteiger partial charge >= 0.3 is 6.09 Å². The number of pyridine rings is 1. The van der Waals surface area contributed by atoms with Crippen molar-refractivity contribution in [2.75, 3.05) is 16.8 Å². The molecule has 1 aliphatic heterocycles. The summed E-state index contributed by atoms with van der Waals surface area (Å²) in [6.07, 6.45) is 1.51. The molecule has 1 saturated carbocycles. The first kappa shape index (κ1) is 26.5. The highest BCUT2D eigenvalue weighted by molar-refractivity contribution is 7.92. The molecule has 202 valence electrons. The van der Waals surface area contributed by atoms with E-state index in [0.717, 1.165) is 40.3 Å². The van der Waals surface area contributed by atoms with E-state index in [1.54, 1.807) is 11.0 Å². The molecule has 2 aliphatic rings. The third-order valence-electron chi connectivity index (χ3n) is 7.38. The maximum Gasteiger partial charge on any atom is 0.408 e. The fourth-order valence-corrected chi connectivity index (χ4v) is 6.70. The van der Waals surface area contributed by atoms with Gasteiger partial charge in [0.15, 0.2) is 0 Å². The van der Waals surface area contributed by atoms with E-state index in [1.807, 2.05) is 81.4 Å². The normalized spacial score (nSPS) is 17.2. The highest BCUT2D eigenvalue weighted by Crippen LogP contribution is 2.50. The summed E-state index contributed by atoms with van der Waals surface area (Å²) in [5.74, 6) is -0.461. The predicted molar refractivity (Wildman–Crippen MR) is 148 cm³/mol. The van der Waals surface area contributed by atoms with Gasteiger partial charge in [-0.05, 0) is 57.2 Å². The number of amides is 1. The third kappa shape index (κ3) is 4.57. The zero-order chi connectivity index (χ0) is 28.0. The van der Waals surface area contributed by atoms with Gasteiger partial charge in [-0.15, -0.1) is 0 Å². The van der Waals surface area contributed by atoms with E-state index in [9.17, 15) is 23.6 Å². The van der Waals surface area contributed by atoms with Gasteiger partial charge in [-0.1, -0.05) is 54.6 Å². The quantitative estimate of drug-likeness (QED) is 0.414. The molecule has 0 saturated heterocycles. The lowest BCUT2D eigenvalue weighted by Crippen LogP contribution is -2.60. The number of rotatable bonds is 5. The number of nitrogens with zero attached hydrogens (tertiary/aromatic N) is 4. The van der Waals surface area contributed by atoms with Gasteiger partial charge in [0, 0.05) is 16.7 Å². The van der Waals surface area contributed by atoms with Gasteiger partial charge in [-0.3, -0.25) is 4.90 Å². The summed E-state index contributed by atoms with van der Waals surface area (Å²) in [5.41, 5.74) is 2.86. The first-order valence-corrected chi connectivity index (χ1v) is 14.3. The number of anilines is 1. The van der Waals surface area contributed by atoms with Crippen LogP contribution in [0, 0.1) is 11.3 Å². The van der Waals surface area contributed by atoms with Gasteiger partial charge in [-0.25, -0.2) is 22.5 Å². The van der Waals surface area contributed by atoms with Crippen LogP contribution in [-0.4, -0.2) is 47.5 Å². The maximum absolute atomic E-state index is 12.7. The monoisotopic (exact) mass is 546 g/mol. The first-order valence-electron chi connectivity index (χ1n) is 12.7. The van der Waals surface area contributed by atoms with E-state index in [0.29, 0.717) is 11.3 Å². The van der Waals surface area contributed by atoms with Gasteiger partial charge in [0.25, 0.3) is 10.0 Å². The van der Waals surface area contributed by atoms with E-state index >= 15 is 0 Å². The molecular weight excluding hydrogens is 516 g/mol. The van der Waals surface area contributed by atoms with Crippen molar-refractivity contribution in [1.82, 2.24) is 9.88 Å². The lowest BCUT2D eigenvalue weighted by atomic mass is 9.69. The minimum Gasteiger partial charge on any atom is -0.465 e. The predicted octanol–water partition coefficient (Wildman–Crippen LogP) is 5.58. The number of hydrogen-bond acceptors (Lipinski definition) is 6. The molecule has 9 nitrogen and oxygen atoms in total. The van der Waals surface area contributed by atoms with Crippen LogP contribution >= 0.6 is 0 Å². The smallest absolute Gasteiger partial charge is 0.408 e. The molecule has 0 atom stereocenters. The summed E-state index contributed by atoms with van der Waals surface area (Å²) in [5, 5.41) is 19.4. The van der Waals surface area contributed by atoms with Crippen molar-refractivity contribution >= 4 is 21.8 Å². The molecule has 0 radical (unpaired) electrons. The lowest BCUT2D eigenvalue weighted by Gasteiger charge is -2.54. The number of fused-ring (bicyclic) bond motifs is 1. The van der Waals surface area contributed by atoms with Crippen LogP contribution in [0.1, 0.15) is 45.6 Å². The molecule has 10 heteroatoms. The molecule has 0 bridgehead atoms. The highest BCUT2D eigenvalue weighted by atomic mass is 32.2. The second-order valence-electron chi connectivity index (χ2n) is 10.9. The largest absolute Gasteiger partial charge is 0.465 e. The first-order chi connectivity index (χ1) is 18.5. The van der Waals surface area contributed by atoms with Crippen molar-refractivity contribution in [1.29, 1.82) is 5.26 Å². The molecule has 0 unspecified atom stereocenters. The number of benzene rings is 2. The van der Waals surface area contributed by atoms with E-state index in [1.165, 1.54) is 0 Å². The summed E-state index contributed by atoms with van der Waals surface area (Å²) >= 11 is 0. The Bertz CT molecular complexity index is 1550. The number of carboxylic acid groups (broad SMARTS) is 1. The topological polar surface area (TPSA) is 124 Å². The molecule has 1 N–H and O–H groups in total. The van der Waals surface area contributed by atoms with Crippen LogP contribution in [0.25, 0.3) is 22.4 Å².